The summed E-state index contributed by atoms with van der Waals surface area (Å²) in [5.41, 5.74) is 6.04. The third-order valence-electron chi connectivity index (χ3n) is 8.18. The number of azide groups is 1. The highest BCUT2D eigenvalue weighted by atomic mass is 16.6. The molecule has 11 heteroatoms. The Bertz CT molecular complexity index is 1480. The van der Waals surface area contributed by atoms with E-state index in [0.717, 1.165) is 0 Å². The molecule has 0 aromatic heterocycles. The molecule has 2 aliphatic rings. The largest absolute Gasteiger partial charge is 0.497 e. The lowest BCUT2D eigenvalue weighted by Gasteiger charge is -2.40. The van der Waals surface area contributed by atoms with Gasteiger partial charge in [0.1, 0.15) is 29.1 Å². The first-order chi connectivity index (χ1) is 20.4. The maximum Gasteiger partial charge on any atom is 0.312 e. The van der Waals surface area contributed by atoms with Crippen molar-refractivity contribution in [2.45, 2.75) is 36.1 Å². The third-order valence-corrected chi connectivity index (χ3v) is 8.18. The number of benzene rings is 3. The smallest absolute Gasteiger partial charge is 0.312 e. The van der Waals surface area contributed by atoms with Crippen LogP contribution in [0.4, 0.5) is 0 Å². The molecule has 1 heterocycles. The van der Waals surface area contributed by atoms with Gasteiger partial charge < -0.3 is 33.9 Å². The Kier molecular flexibility index (Phi) is 8.17. The molecule has 3 aromatic rings. The molecule has 1 unspecified atom stereocenters. The van der Waals surface area contributed by atoms with Gasteiger partial charge in [-0.15, -0.1) is 0 Å². The molecule has 5 rings (SSSR count). The molecule has 1 saturated carbocycles. The van der Waals surface area contributed by atoms with Crippen LogP contribution in [0.1, 0.15) is 35.4 Å². The van der Waals surface area contributed by atoms with Gasteiger partial charge in [-0.25, -0.2) is 0 Å². The van der Waals surface area contributed by atoms with Crippen LogP contribution >= 0.6 is 0 Å². The number of ether oxygens (including phenoxy) is 5. The zero-order valence-corrected chi connectivity index (χ0v) is 23.6. The van der Waals surface area contributed by atoms with E-state index in [1.807, 2.05) is 30.3 Å². The summed E-state index contributed by atoms with van der Waals surface area (Å²) in [7, 11) is 4.25. The molecule has 11 nitrogen and oxygen atoms in total. The predicted molar refractivity (Wildman–Crippen MR) is 152 cm³/mol. The van der Waals surface area contributed by atoms with Crippen LogP contribution in [-0.2, 0) is 20.7 Å². The first-order valence-corrected chi connectivity index (χ1v) is 13.6. The van der Waals surface area contributed by atoms with Gasteiger partial charge in [-0.3, -0.25) is 4.79 Å². The van der Waals surface area contributed by atoms with Crippen LogP contribution < -0.4 is 18.9 Å². The lowest BCUT2D eigenvalue weighted by atomic mass is 9.70. The van der Waals surface area contributed by atoms with Gasteiger partial charge in [-0.05, 0) is 41.6 Å². The minimum absolute atomic E-state index is 0.205. The highest BCUT2D eigenvalue weighted by molar-refractivity contribution is 5.78. The van der Waals surface area contributed by atoms with Crippen molar-refractivity contribution < 1.29 is 38.7 Å². The maximum absolute atomic E-state index is 13.3. The molecule has 0 saturated heterocycles. The number of rotatable bonds is 11. The van der Waals surface area contributed by atoms with Crippen molar-refractivity contribution in [1.29, 1.82) is 0 Å². The van der Waals surface area contributed by atoms with Gasteiger partial charge in [-0.2, -0.15) is 0 Å². The number of carbonyl (C=O) groups excluding carboxylic acids is 1. The van der Waals surface area contributed by atoms with Gasteiger partial charge >= 0.3 is 5.97 Å². The molecule has 1 aliphatic carbocycles. The molecule has 3 aromatic carbocycles. The van der Waals surface area contributed by atoms with E-state index in [9.17, 15) is 15.0 Å². The van der Waals surface area contributed by atoms with E-state index in [1.54, 1.807) is 43.5 Å². The van der Waals surface area contributed by atoms with Crippen LogP contribution in [-0.4, -0.2) is 56.8 Å². The van der Waals surface area contributed by atoms with Gasteiger partial charge in [0.15, 0.2) is 11.2 Å². The van der Waals surface area contributed by atoms with Gasteiger partial charge in [0.2, 0.25) is 0 Å². The van der Waals surface area contributed by atoms with Crippen LogP contribution in [0.3, 0.4) is 0 Å². The van der Waals surface area contributed by atoms with Crippen molar-refractivity contribution in [3.63, 3.8) is 0 Å². The Balaban J connectivity index is 1.69. The number of aliphatic hydroxyl groups is 2. The van der Waals surface area contributed by atoms with Crippen molar-refractivity contribution in [2.75, 3.05) is 34.5 Å². The van der Waals surface area contributed by atoms with Crippen molar-refractivity contribution in [2.24, 2.45) is 11.0 Å². The summed E-state index contributed by atoms with van der Waals surface area (Å²) in [5.74, 6) is -1.25. The Morgan fingerprint density at radius 3 is 2.40 bits per heavy atom. The Labute approximate surface area is 243 Å². The second-order valence-corrected chi connectivity index (χ2v) is 10.2. The summed E-state index contributed by atoms with van der Waals surface area (Å²) < 4.78 is 29.0. The average Bonchev–Trinajstić information content (AvgIpc) is 3.40. The summed E-state index contributed by atoms with van der Waals surface area (Å²) >= 11 is 0. The number of hydrogen-bond acceptors (Lipinski definition) is 9. The minimum Gasteiger partial charge on any atom is -0.497 e. The summed E-state index contributed by atoms with van der Waals surface area (Å²) in [6, 6.07) is 19.4. The van der Waals surface area contributed by atoms with E-state index in [1.165, 1.54) is 14.2 Å². The number of fused-ring (bicyclic) bond motifs is 3. The SMILES string of the molecule is COC(=O)C1[C@H](O)[C@]2(O)c3c(OC)cc(OCCCCN=[N+]=[N-])cc3O[C@]2(c2ccc(OC)cc2)[C@H]1c1ccccc1. The molecule has 0 spiro atoms. The number of hydrogen-bond donors (Lipinski definition) is 2. The van der Waals surface area contributed by atoms with E-state index in [2.05, 4.69) is 10.0 Å². The van der Waals surface area contributed by atoms with Gasteiger partial charge in [0.25, 0.3) is 0 Å². The molecular weight excluding hydrogens is 542 g/mol. The Morgan fingerprint density at radius 2 is 1.76 bits per heavy atom. The second-order valence-electron chi connectivity index (χ2n) is 10.2. The average molecular weight is 576 g/mol. The molecule has 42 heavy (non-hydrogen) atoms. The molecule has 0 amide bonds. The molecule has 0 bridgehead atoms. The van der Waals surface area contributed by atoms with Crippen molar-refractivity contribution in [3.8, 4) is 23.0 Å². The van der Waals surface area contributed by atoms with Gasteiger partial charge in [0.05, 0.1) is 39.4 Å². The number of esters is 1. The molecule has 0 radical (unpaired) electrons. The number of carbonyl (C=O) groups is 1. The lowest BCUT2D eigenvalue weighted by Crippen LogP contribution is -2.52. The third kappa shape index (κ3) is 4.46. The molecule has 5 atom stereocenters. The van der Waals surface area contributed by atoms with Crippen LogP contribution in [0.2, 0.25) is 0 Å². The summed E-state index contributed by atoms with van der Waals surface area (Å²) in [5, 5.41) is 28.4. The van der Waals surface area contributed by atoms with Crippen molar-refractivity contribution >= 4 is 5.97 Å². The number of aliphatic hydroxyl groups excluding tert-OH is 1. The van der Waals surface area contributed by atoms with E-state index in [-0.39, 0.29) is 17.1 Å². The van der Waals surface area contributed by atoms with E-state index in [4.69, 9.17) is 29.2 Å². The van der Waals surface area contributed by atoms with Crippen LogP contribution in [0, 0.1) is 5.92 Å². The summed E-state index contributed by atoms with van der Waals surface area (Å²) in [6.45, 7) is 0.713. The van der Waals surface area contributed by atoms with Gasteiger partial charge in [0, 0.05) is 29.5 Å². The van der Waals surface area contributed by atoms with Crippen LogP contribution in [0.15, 0.2) is 71.8 Å². The van der Waals surface area contributed by atoms with Gasteiger partial charge in [-0.1, -0.05) is 47.6 Å². The van der Waals surface area contributed by atoms with Crippen molar-refractivity contribution in [1.82, 2.24) is 0 Å². The van der Waals surface area contributed by atoms with E-state index in [0.29, 0.717) is 48.6 Å². The van der Waals surface area contributed by atoms with Crippen molar-refractivity contribution in [3.05, 3.63) is 93.9 Å². The fraction of sp³-hybridized carbons (Fsp3) is 0.387. The zero-order chi connectivity index (χ0) is 29.9. The molecule has 1 fully saturated rings. The van der Waals surface area contributed by atoms with E-state index >= 15 is 0 Å². The predicted octanol–water partition coefficient (Wildman–Crippen LogP) is 4.60. The summed E-state index contributed by atoms with van der Waals surface area (Å²) in [6.07, 6.45) is -0.336. The lowest BCUT2D eigenvalue weighted by molar-refractivity contribution is -0.161. The fourth-order valence-corrected chi connectivity index (χ4v) is 6.39. The number of unbranched alkanes of at least 4 members (excludes halogenated alkanes) is 1. The van der Waals surface area contributed by atoms with Crippen LogP contribution in [0.25, 0.3) is 10.4 Å². The monoisotopic (exact) mass is 575 g/mol. The second kappa shape index (κ2) is 11.8. The molecule has 220 valence electrons. The first kappa shape index (κ1) is 29.1. The number of nitrogens with zero attached hydrogens (tertiary/aromatic N) is 3. The Morgan fingerprint density at radius 1 is 1.02 bits per heavy atom. The summed E-state index contributed by atoms with van der Waals surface area (Å²) in [4.78, 5) is 16.1. The topological polar surface area (TPSA) is 152 Å². The zero-order valence-electron chi connectivity index (χ0n) is 23.6. The first-order valence-electron chi connectivity index (χ1n) is 13.6. The number of methoxy groups -OCH3 is 3. The molecular formula is C31H33N3O8. The molecule has 2 N–H and O–H groups in total. The maximum atomic E-state index is 13.3. The highest BCUT2D eigenvalue weighted by Crippen LogP contribution is 2.70. The van der Waals surface area contributed by atoms with Crippen LogP contribution in [0.5, 0.6) is 23.0 Å². The fourth-order valence-electron chi connectivity index (χ4n) is 6.39. The highest BCUT2D eigenvalue weighted by Gasteiger charge is 2.78. The molecule has 1 aliphatic heterocycles. The standard InChI is InChI=1S/C31H33N3O8/c1-38-21-13-11-20(12-14-21)31-26(19-9-5-4-6-10-19)25(29(36)40-3)28(35)30(31,37)27-23(39-2)17-22(18-24(27)42-31)41-16-8-7-15-33-34-32/h4-6,9-14,17-18,25-26,28,35,37H,7-8,15-16H2,1-3H3/t25?,26-,28-,30+,31+/m0/s1. The minimum atomic E-state index is -2.14. The normalized spacial score (nSPS) is 25.4. The quantitative estimate of drug-likeness (QED) is 0.111. The Hall–Kier alpha value is -4.44. The van der Waals surface area contributed by atoms with E-state index < -0.39 is 35.1 Å².